The lowest BCUT2D eigenvalue weighted by molar-refractivity contribution is -0.187. The number of carbonyl (C=O) groups is 2. The minimum absolute atomic E-state index is 0.0402. The Morgan fingerprint density at radius 3 is 2.53 bits per heavy atom. The van der Waals surface area contributed by atoms with Crippen LogP contribution in [0.2, 0.25) is 0 Å². The maximum Gasteiger partial charge on any atom is 0.303 e. The van der Waals surface area contributed by atoms with Crippen LogP contribution >= 0.6 is 0 Å². The zero-order valence-corrected chi connectivity index (χ0v) is 22.3. The molecule has 194 valence electrons. The highest BCUT2D eigenvalue weighted by Crippen LogP contribution is 2.54. The van der Waals surface area contributed by atoms with Gasteiger partial charge < -0.3 is 19.3 Å². The predicted octanol–water partition coefficient (Wildman–Crippen LogP) is 4.92. The lowest BCUT2D eigenvalue weighted by Gasteiger charge is -2.60. The van der Waals surface area contributed by atoms with Crippen LogP contribution in [0.25, 0.3) is 0 Å². The summed E-state index contributed by atoms with van der Waals surface area (Å²) >= 11 is 0. The van der Waals surface area contributed by atoms with E-state index in [1.54, 1.807) is 7.11 Å². The highest BCUT2D eigenvalue weighted by atomic mass is 16.6. The second-order valence-corrected chi connectivity index (χ2v) is 11.0. The molecule has 1 aliphatic heterocycles. The van der Waals surface area contributed by atoms with E-state index in [1.807, 2.05) is 42.5 Å². The zero-order chi connectivity index (χ0) is 25.9. The lowest BCUT2D eigenvalue weighted by Crippen LogP contribution is -2.68. The number of amides is 1. The van der Waals surface area contributed by atoms with Gasteiger partial charge in [0.15, 0.2) is 0 Å². The van der Waals surface area contributed by atoms with E-state index in [1.165, 1.54) is 6.92 Å². The molecule has 36 heavy (non-hydrogen) atoms. The number of nitrogens with zero attached hydrogens (tertiary/aromatic N) is 2. The van der Waals surface area contributed by atoms with Crippen molar-refractivity contribution in [2.24, 2.45) is 5.92 Å². The van der Waals surface area contributed by atoms with Crippen LogP contribution in [0.1, 0.15) is 62.4 Å². The Bertz CT molecular complexity index is 1070. The molecule has 3 atom stereocenters. The summed E-state index contributed by atoms with van der Waals surface area (Å²) < 4.78 is 11.9. The molecule has 2 aromatic rings. The standard InChI is InChI=1S/C30H40N2O4/c1-22(2)20-32(28(34)24-10-7-6-8-11-24)26-14-15-30(36-23(3)33)21-31(4)17-16-29(30,19-26)25-12-9-13-27(18-25)35-5/h6-13,18,22,26H,14-17,19-21H2,1-5H3. The van der Waals surface area contributed by atoms with Crippen molar-refractivity contribution >= 4 is 11.9 Å². The van der Waals surface area contributed by atoms with Gasteiger partial charge in [-0.1, -0.05) is 44.2 Å². The monoisotopic (exact) mass is 492 g/mol. The third-order valence-corrected chi connectivity index (χ3v) is 8.03. The molecule has 2 aromatic carbocycles. The van der Waals surface area contributed by atoms with Gasteiger partial charge >= 0.3 is 5.97 Å². The summed E-state index contributed by atoms with van der Waals surface area (Å²) in [5.74, 6) is 0.945. The van der Waals surface area contributed by atoms with Crippen molar-refractivity contribution in [2.75, 3.05) is 33.8 Å². The van der Waals surface area contributed by atoms with Crippen LogP contribution in [0, 0.1) is 5.92 Å². The number of carbonyl (C=O) groups excluding carboxylic acids is 2. The largest absolute Gasteiger partial charge is 0.497 e. The Kier molecular flexibility index (Phi) is 7.74. The third-order valence-electron chi connectivity index (χ3n) is 8.03. The third kappa shape index (κ3) is 5.01. The predicted molar refractivity (Wildman–Crippen MR) is 141 cm³/mol. The first-order chi connectivity index (χ1) is 17.2. The van der Waals surface area contributed by atoms with Crippen molar-refractivity contribution in [1.29, 1.82) is 0 Å². The molecule has 1 saturated carbocycles. The van der Waals surface area contributed by atoms with Crippen molar-refractivity contribution < 1.29 is 19.1 Å². The number of piperidine rings is 1. The summed E-state index contributed by atoms with van der Waals surface area (Å²) in [6, 6.07) is 17.8. The fourth-order valence-electron chi connectivity index (χ4n) is 6.49. The number of fused-ring (bicyclic) bond motifs is 1. The first-order valence-electron chi connectivity index (χ1n) is 13.1. The summed E-state index contributed by atoms with van der Waals surface area (Å²) in [6.45, 7) is 8.08. The van der Waals surface area contributed by atoms with Gasteiger partial charge in [0, 0.05) is 37.0 Å². The molecule has 0 spiro atoms. The van der Waals surface area contributed by atoms with E-state index in [2.05, 4.69) is 42.8 Å². The number of esters is 1. The normalized spacial score (nSPS) is 26.2. The number of likely N-dealkylation sites (tertiary alicyclic amines) is 1. The van der Waals surface area contributed by atoms with Crippen molar-refractivity contribution in [1.82, 2.24) is 9.80 Å². The maximum atomic E-state index is 13.8. The van der Waals surface area contributed by atoms with Crippen molar-refractivity contribution in [3.8, 4) is 5.75 Å². The van der Waals surface area contributed by atoms with Crippen LogP contribution < -0.4 is 4.74 Å². The fraction of sp³-hybridized carbons (Fsp3) is 0.533. The Morgan fingerprint density at radius 1 is 1.11 bits per heavy atom. The SMILES string of the molecule is COc1cccc(C23CCN(C)CC2(OC(C)=O)CCC(N(CC(C)C)C(=O)c2ccccc2)C3)c1. The number of methoxy groups -OCH3 is 1. The quantitative estimate of drug-likeness (QED) is 0.514. The molecule has 0 aromatic heterocycles. The Morgan fingerprint density at radius 2 is 1.86 bits per heavy atom. The number of benzene rings is 2. The minimum Gasteiger partial charge on any atom is -0.497 e. The fourth-order valence-corrected chi connectivity index (χ4v) is 6.49. The summed E-state index contributed by atoms with van der Waals surface area (Å²) in [5.41, 5.74) is 0.759. The average molecular weight is 493 g/mol. The minimum atomic E-state index is -0.659. The molecule has 1 amide bonds. The van der Waals surface area contributed by atoms with Gasteiger partial charge in [-0.2, -0.15) is 0 Å². The highest BCUT2D eigenvalue weighted by Gasteiger charge is 2.61. The van der Waals surface area contributed by atoms with E-state index >= 15 is 0 Å². The second kappa shape index (κ2) is 10.6. The lowest BCUT2D eigenvalue weighted by atomic mass is 9.55. The smallest absolute Gasteiger partial charge is 0.303 e. The molecule has 0 radical (unpaired) electrons. The topological polar surface area (TPSA) is 59.1 Å². The molecule has 1 saturated heterocycles. The molecule has 0 N–H and O–H groups in total. The molecule has 6 heteroatoms. The van der Waals surface area contributed by atoms with Crippen molar-refractivity contribution in [2.45, 2.75) is 63.5 Å². The maximum absolute atomic E-state index is 13.8. The Labute approximate surface area is 215 Å². The van der Waals surface area contributed by atoms with Crippen molar-refractivity contribution in [3.63, 3.8) is 0 Å². The van der Waals surface area contributed by atoms with Crippen molar-refractivity contribution in [3.05, 3.63) is 65.7 Å². The number of likely N-dealkylation sites (N-methyl/N-ethyl adjacent to an activating group) is 1. The summed E-state index contributed by atoms with van der Waals surface area (Å²) in [6.07, 6.45) is 3.08. The Balaban J connectivity index is 1.81. The number of hydrogen-bond donors (Lipinski definition) is 0. The van der Waals surface area contributed by atoms with Crippen LogP contribution in [0.4, 0.5) is 0 Å². The van der Waals surface area contributed by atoms with Gasteiger partial charge in [-0.15, -0.1) is 0 Å². The van der Waals surface area contributed by atoms with E-state index in [-0.39, 0.29) is 17.9 Å². The molecule has 0 bridgehead atoms. The first-order valence-corrected chi connectivity index (χ1v) is 13.1. The van der Waals surface area contributed by atoms with Gasteiger partial charge in [-0.05, 0) is 75.0 Å². The van der Waals surface area contributed by atoms with Gasteiger partial charge in [0.05, 0.1) is 7.11 Å². The van der Waals surface area contributed by atoms with Gasteiger partial charge in [0.1, 0.15) is 11.4 Å². The van der Waals surface area contributed by atoms with E-state index in [0.29, 0.717) is 31.0 Å². The summed E-state index contributed by atoms with van der Waals surface area (Å²) in [7, 11) is 3.77. The molecule has 1 heterocycles. The molecule has 6 nitrogen and oxygen atoms in total. The number of rotatable bonds is 7. The molecular weight excluding hydrogens is 452 g/mol. The second-order valence-electron chi connectivity index (χ2n) is 11.0. The van der Waals surface area contributed by atoms with Gasteiger partial charge in [0.2, 0.25) is 0 Å². The van der Waals surface area contributed by atoms with E-state index in [0.717, 1.165) is 37.1 Å². The molecule has 2 aliphatic rings. The number of ether oxygens (including phenoxy) is 2. The van der Waals surface area contributed by atoms with E-state index < -0.39 is 11.0 Å². The van der Waals surface area contributed by atoms with Crippen LogP contribution in [0.3, 0.4) is 0 Å². The molecule has 3 unspecified atom stereocenters. The summed E-state index contributed by atoms with van der Waals surface area (Å²) in [5, 5.41) is 0. The number of hydrogen-bond acceptors (Lipinski definition) is 5. The van der Waals surface area contributed by atoms with Crippen LogP contribution in [0.5, 0.6) is 5.75 Å². The molecular formula is C30H40N2O4. The zero-order valence-electron chi connectivity index (χ0n) is 22.3. The van der Waals surface area contributed by atoms with E-state index in [9.17, 15) is 9.59 Å². The average Bonchev–Trinajstić information content (AvgIpc) is 2.86. The van der Waals surface area contributed by atoms with Crippen LogP contribution in [-0.4, -0.2) is 67.1 Å². The first kappa shape index (κ1) is 26.2. The van der Waals surface area contributed by atoms with Crippen LogP contribution in [-0.2, 0) is 14.9 Å². The molecule has 2 fully saturated rings. The van der Waals surface area contributed by atoms with E-state index in [4.69, 9.17) is 9.47 Å². The van der Waals surface area contributed by atoms with Gasteiger partial charge in [0.25, 0.3) is 5.91 Å². The van der Waals surface area contributed by atoms with Gasteiger partial charge in [-0.25, -0.2) is 0 Å². The molecule has 4 rings (SSSR count). The van der Waals surface area contributed by atoms with Crippen LogP contribution in [0.15, 0.2) is 54.6 Å². The van der Waals surface area contributed by atoms with Gasteiger partial charge in [-0.3, -0.25) is 9.59 Å². The summed E-state index contributed by atoms with van der Waals surface area (Å²) in [4.78, 5) is 30.6. The Hall–Kier alpha value is -2.86. The molecule has 1 aliphatic carbocycles. The highest BCUT2D eigenvalue weighted by molar-refractivity contribution is 5.94.